The molecular formula is C19H22O5. The number of methoxy groups -OCH3 is 3. The maximum absolute atomic E-state index is 12.6. The summed E-state index contributed by atoms with van der Waals surface area (Å²) in [4.78, 5) is 12.6. The van der Waals surface area contributed by atoms with Crippen LogP contribution in [0.2, 0.25) is 0 Å². The highest BCUT2D eigenvalue weighted by molar-refractivity contribution is 5.84. The summed E-state index contributed by atoms with van der Waals surface area (Å²) in [7, 11) is 4.50. The predicted molar refractivity (Wildman–Crippen MR) is 90.5 cm³/mol. The van der Waals surface area contributed by atoms with Crippen LogP contribution in [0.5, 0.6) is 11.5 Å². The summed E-state index contributed by atoms with van der Waals surface area (Å²) in [6.07, 6.45) is 0. The maximum atomic E-state index is 12.6. The van der Waals surface area contributed by atoms with E-state index in [4.69, 9.17) is 18.9 Å². The fraction of sp³-hybridized carbons (Fsp3) is 0.316. The van der Waals surface area contributed by atoms with Gasteiger partial charge in [0, 0.05) is 18.2 Å². The second-order valence-corrected chi connectivity index (χ2v) is 5.29. The summed E-state index contributed by atoms with van der Waals surface area (Å²) in [6, 6.07) is 13.0. The van der Waals surface area contributed by atoms with Crippen molar-refractivity contribution in [2.45, 2.75) is 12.8 Å². The van der Waals surface area contributed by atoms with Crippen LogP contribution in [0.3, 0.4) is 0 Å². The Labute approximate surface area is 142 Å². The minimum absolute atomic E-state index is 0.0931. The summed E-state index contributed by atoms with van der Waals surface area (Å²) in [5.74, 6) is 0.154. The fourth-order valence-electron chi connectivity index (χ4n) is 2.59. The van der Waals surface area contributed by atoms with Crippen LogP contribution in [-0.4, -0.2) is 34.1 Å². The van der Waals surface area contributed by atoms with Crippen molar-refractivity contribution < 1.29 is 23.7 Å². The van der Waals surface area contributed by atoms with Gasteiger partial charge in [-0.3, -0.25) is 4.79 Å². The van der Waals surface area contributed by atoms with Crippen molar-refractivity contribution in [2.75, 3.05) is 28.1 Å². The van der Waals surface area contributed by atoms with Gasteiger partial charge in [0.25, 0.3) is 0 Å². The lowest BCUT2D eigenvalue weighted by atomic mass is 9.89. The molecule has 5 heteroatoms. The second-order valence-electron chi connectivity index (χ2n) is 5.29. The van der Waals surface area contributed by atoms with Gasteiger partial charge in [0.15, 0.2) is 6.79 Å². The number of benzene rings is 2. The molecule has 0 spiro atoms. The van der Waals surface area contributed by atoms with E-state index in [1.807, 2.05) is 43.3 Å². The number of ether oxygens (including phenoxy) is 4. The van der Waals surface area contributed by atoms with Crippen molar-refractivity contribution in [1.29, 1.82) is 0 Å². The summed E-state index contributed by atoms with van der Waals surface area (Å²) in [5.41, 5.74) is 2.46. The second kappa shape index (κ2) is 8.36. The summed E-state index contributed by atoms with van der Waals surface area (Å²) < 4.78 is 21.1. The van der Waals surface area contributed by atoms with E-state index >= 15 is 0 Å². The Morgan fingerprint density at radius 1 is 1.00 bits per heavy atom. The van der Waals surface area contributed by atoms with Crippen molar-refractivity contribution in [2.24, 2.45) is 0 Å². The lowest BCUT2D eigenvalue weighted by molar-refractivity contribution is -0.141. The molecule has 0 heterocycles. The maximum Gasteiger partial charge on any atom is 0.317 e. The topological polar surface area (TPSA) is 54.0 Å². The van der Waals surface area contributed by atoms with Crippen molar-refractivity contribution in [1.82, 2.24) is 0 Å². The monoisotopic (exact) mass is 330 g/mol. The molecule has 0 aliphatic carbocycles. The van der Waals surface area contributed by atoms with Crippen LogP contribution < -0.4 is 9.47 Å². The summed E-state index contributed by atoms with van der Waals surface area (Å²) in [6.45, 7) is 2.06. The smallest absolute Gasteiger partial charge is 0.317 e. The highest BCUT2D eigenvalue weighted by Gasteiger charge is 2.29. The third kappa shape index (κ3) is 3.86. The summed E-state index contributed by atoms with van der Waals surface area (Å²) in [5, 5.41) is 0. The zero-order valence-electron chi connectivity index (χ0n) is 14.4. The van der Waals surface area contributed by atoms with Gasteiger partial charge >= 0.3 is 5.97 Å². The first-order valence-electron chi connectivity index (χ1n) is 7.55. The normalized spacial score (nSPS) is 11.7. The quantitative estimate of drug-likeness (QED) is 0.576. The Hall–Kier alpha value is -2.53. The standard InChI is InChI=1S/C19H22O5/c1-13-9-10-16(22-3)15(11-13)18(19(20)23-4)14-7-5-6-8-17(14)24-12-21-2/h5-11,18H,12H2,1-4H3/t18-/m1/s1. The predicted octanol–water partition coefficient (Wildman–Crippen LogP) is 3.29. The summed E-state index contributed by atoms with van der Waals surface area (Å²) >= 11 is 0. The largest absolute Gasteiger partial charge is 0.496 e. The van der Waals surface area contributed by atoms with Crippen LogP contribution in [0.4, 0.5) is 0 Å². The van der Waals surface area contributed by atoms with Gasteiger partial charge in [-0.25, -0.2) is 0 Å². The molecule has 0 aromatic heterocycles. The number of rotatable bonds is 7. The Balaban J connectivity index is 2.59. The third-order valence-electron chi connectivity index (χ3n) is 3.70. The Kier molecular flexibility index (Phi) is 6.21. The van der Waals surface area contributed by atoms with E-state index in [0.717, 1.165) is 11.1 Å². The molecule has 0 amide bonds. The zero-order valence-corrected chi connectivity index (χ0v) is 14.4. The Bertz CT molecular complexity index is 696. The van der Waals surface area contributed by atoms with Crippen molar-refractivity contribution >= 4 is 5.97 Å². The van der Waals surface area contributed by atoms with Crippen molar-refractivity contribution in [3.05, 3.63) is 59.2 Å². The van der Waals surface area contributed by atoms with E-state index in [9.17, 15) is 4.79 Å². The number of carbonyl (C=O) groups is 1. The van der Waals surface area contributed by atoms with Crippen molar-refractivity contribution in [3.63, 3.8) is 0 Å². The Morgan fingerprint density at radius 3 is 2.42 bits per heavy atom. The lowest BCUT2D eigenvalue weighted by Gasteiger charge is -2.21. The minimum atomic E-state index is -0.655. The van der Waals surface area contributed by atoms with Crippen LogP contribution in [0, 0.1) is 6.92 Å². The molecule has 5 nitrogen and oxygen atoms in total. The number of esters is 1. The van der Waals surface area contributed by atoms with Gasteiger partial charge in [-0.05, 0) is 19.1 Å². The lowest BCUT2D eigenvalue weighted by Crippen LogP contribution is -2.18. The first kappa shape index (κ1) is 17.8. The van der Waals surface area contributed by atoms with Crippen LogP contribution in [0.15, 0.2) is 42.5 Å². The molecule has 0 aliphatic heterocycles. The molecule has 0 aliphatic rings. The van der Waals surface area contributed by atoms with Gasteiger partial charge < -0.3 is 18.9 Å². The Morgan fingerprint density at radius 2 is 1.75 bits per heavy atom. The molecule has 1 atom stereocenters. The van der Waals surface area contributed by atoms with Crippen LogP contribution in [0.1, 0.15) is 22.6 Å². The molecule has 24 heavy (non-hydrogen) atoms. The van der Waals surface area contributed by atoms with Gasteiger partial charge in [0.1, 0.15) is 17.4 Å². The van der Waals surface area contributed by atoms with Crippen LogP contribution in [-0.2, 0) is 14.3 Å². The average molecular weight is 330 g/mol. The SMILES string of the molecule is COCOc1ccccc1[C@@H](C(=O)OC)c1cc(C)ccc1OC. The zero-order chi connectivity index (χ0) is 17.5. The highest BCUT2D eigenvalue weighted by Crippen LogP contribution is 2.37. The van der Waals surface area contributed by atoms with Gasteiger partial charge in [-0.1, -0.05) is 35.9 Å². The van der Waals surface area contributed by atoms with Gasteiger partial charge in [0.05, 0.1) is 14.2 Å². The van der Waals surface area contributed by atoms with Gasteiger partial charge in [0.2, 0.25) is 0 Å². The molecule has 128 valence electrons. The average Bonchev–Trinajstić information content (AvgIpc) is 2.61. The van der Waals surface area contributed by atoms with Gasteiger partial charge in [-0.2, -0.15) is 0 Å². The van der Waals surface area contributed by atoms with Crippen LogP contribution >= 0.6 is 0 Å². The van der Waals surface area contributed by atoms with Gasteiger partial charge in [-0.15, -0.1) is 0 Å². The molecular weight excluding hydrogens is 308 g/mol. The first-order valence-corrected chi connectivity index (χ1v) is 7.55. The minimum Gasteiger partial charge on any atom is -0.496 e. The molecule has 0 saturated heterocycles. The molecule has 0 bridgehead atoms. The first-order chi connectivity index (χ1) is 11.6. The van der Waals surface area contributed by atoms with Crippen LogP contribution in [0.25, 0.3) is 0 Å². The molecule has 0 unspecified atom stereocenters. The van der Waals surface area contributed by atoms with E-state index in [2.05, 4.69) is 0 Å². The van der Waals surface area contributed by atoms with E-state index in [-0.39, 0.29) is 12.8 Å². The number of para-hydroxylation sites is 1. The van der Waals surface area contributed by atoms with E-state index in [0.29, 0.717) is 17.1 Å². The van der Waals surface area contributed by atoms with E-state index in [1.54, 1.807) is 20.3 Å². The number of hydrogen-bond acceptors (Lipinski definition) is 5. The number of aryl methyl sites for hydroxylation is 1. The fourth-order valence-corrected chi connectivity index (χ4v) is 2.59. The van der Waals surface area contributed by atoms with Crippen molar-refractivity contribution in [3.8, 4) is 11.5 Å². The molecule has 0 saturated carbocycles. The highest BCUT2D eigenvalue weighted by atomic mass is 16.7. The number of hydrogen-bond donors (Lipinski definition) is 0. The molecule has 2 aromatic carbocycles. The van der Waals surface area contributed by atoms with E-state index in [1.165, 1.54) is 7.11 Å². The molecule has 0 fully saturated rings. The molecule has 2 rings (SSSR count). The number of carbonyl (C=O) groups excluding carboxylic acids is 1. The molecule has 0 radical (unpaired) electrons. The third-order valence-corrected chi connectivity index (χ3v) is 3.70. The molecule has 0 N–H and O–H groups in total. The van der Waals surface area contributed by atoms with E-state index < -0.39 is 5.92 Å². The molecule has 2 aromatic rings.